The van der Waals surface area contributed by atoms with Gasteiger partial charge in [-0.3, -0.25) is 4.99 Å². The minimum atomic E-state index is -2.92. The predicted octanol–water partition coefficient (Wildman–Crippen LogP) is 3.52. The SMILES string of the molecule is CCNC(=NCC(C)(C)Cc1cccc(Cl)c1)NCCCS(C)(=O)=O.I. The van der Waals surface area contributed by atoms with Crippen LogP contribution in [0.2, 0.25) is 5.02 Å². The molecule has 0 radical (unpaired) electrons. The third-order valence-electron chi connectivity index (χ3n) is 3.57. The van der Waals surface area contributed by atoms with E-state index in [4.69, 9.17) is 11.6 Å². The van der Waals surface area contributed by atoms with Crippen LogP contribution in [0.1, 0.15) is 32.8 Å². The minimum Gasteiger partial charge on any atom is -0.357 e. The van der Waals surface area contributed by atoms with E-state index in [2.05, 4.69) is 35.5 Å². The first-order valence-corrected chi connectivity index (χ1v) is 11.0. The maximum absolute atomic E-state index is 11.2. The van der Waals surface area contributed by atoms with Crippen molar-refractivity contribution in [2.75, 3.05) is 31.6 Å². The number of aliphatic imine (C=N–C) groups is 1. The molecule has 0 fully saturated rings. The average Bonchev–Trinajstić information content (AvgIpc) is 2.47. The Kier molecular flexibility index (Phi) is 11.8. The Balaban J connectivity index is 0.00000625. The van der Waals surface area contributed by atoms with Gasteiger partial charge in [0.15, 0.2) is 5.96 Å². The van der Waals surface area contributed by atoms with E-state index in [1.54, 1.807) is 0 Å². The van der Waals surface area contributed by atoms with Crippen LogP contribution in [-0.4, -0.2) is 46.0 Å². The van der Waals surface area contributed by atoms with Gasteiger partial charge in [-0.2, -0.15) is 0 Å². The summed E-state index contributed by atoms with van der Waals surface area (Å²) in [5, 5.41) is 7.13. The largest absolute Gasteiger partial charge is 0.357 e. The number of hydrogen-bond acceptors (Lipinski definition) is 3. The Morgan fingerprint density at radius 2 is 1.96 bits per heavy atom. The molecule has 1 aromatic carbocycles. The molecule has 0 amide bonds. The van der Waals surface area contributed by atoms with Crippen molar-refractivity contribution < 1.29 is 8.42 Å². The lowest BCUT2D eigenvalue weighted by atomic mass is 9.86. The van der Waals surface area contributed by atoms with Crippen LogP contribution >= 0.6 is 35.6 Å². The van der Waals surface area contributed by atoms with Crippen LogP contribution in [0.25, 0.3) is 0 Å². The Hall–Kier alpha value is -0.540. The molecule has 0 spiro atoms. The number of hydrogen-bond donors (Lipinski definition) is 2. The number of halogens is 2. The molecule has 1 aromatic rings. The lowest BCUT2D eigenvalue weighted by Gasteiger charge is -2.23. The van der Waals surface area contributed by atoms with Gasteiger partial charge in [-0.25, -0.2) is 8.42 Å². The van der Waals surface area contributed by atoms with Crippen molar-refractivity contribution in [1.82, 2.24) is 10.6 Å². The minimum absolute atomic E-state index is 0. The highest BCUT2D eigenvalue weighted by Gasteiger charge is 2.18. The van der Waals surface area contributed by atoms with Crippen molar-refractivity contribution in [3.63, 3.8) is 0 Å². The van der Waals surface area contributed by atoms with Crippen LogP contribution in [-0.2, 0) is 16.3 Å². The van der Waals surface area contributed by atoms with Crippen LogP contribution < -0.4 is 10.6 Å². The maximum Gasteiger partial charge on any atom is 0.191 e. The number of guanidine groups is 1. The molecule has 150 valence electrons. The summed E-state index contributed by atoms with van der Waals surface area (Å²) >= 11 is 6.06. The highest BCUT2D eigenvalue weighted by atomic mass is 127. The van der Waals surface area contributed by atoms with Gasteiger partial charge in [-0.05, 0) is 42.9 Å². The van der Waals surface area contributed by atoms with E-state index in [1.165, 1.54) is 11.8 Å². The van der Waals surface area contributed by atoms with E-state index < -0.39 is 9.84 Å². The van der Waals surface area contributed by atoms with Crippen molar-refractivity contribution in [2.24, 2.45) is 10.4 Å². The van der Waals surface area contributed by atoms with Gasteiger partial charge in [0.1, 0.15) is 9.84 Å². The second kappa shape index (κ2) is 12.0. The van der Waals surface area contributed by atoms with Crippen molar-refractivity contribution >= 4 is 51.4 Å². The number of rotatable bonds is 9. The number of nitrogens with zero attached hydrogens (tertiary/aromatic N) is 1. The summed E-state index contributed by atoms with van der Waals surface area (Å²) < 4.78 is 22.3. The zero-order chi connectivity index (χ0) is 18.9. The summed E-state index contributed by atoms with van der Waals surface area (Å²) in [6.07, 6.45) is 2.70. The van der Waals surface area contributed by atoms with E-state index in [0.29, 0.717) is 19.5 Å². The fraction of sp³-hybridized carbons (Fsp3) is 0.611. The molecule has 0 unspecified atom stereocenters. The third-order valence-corrected chi connectivity index (χ3v) is 4.83. The number of benzene rings is 1. The van der Waals surface area contributed by atoms with Crippen molar-refractivity contribution in [3.8, 4) is 0 Å². The standard InChI is InChI=1S/C18H30ClN3O2S.HI/c1-5-20-17(21-10-7-11-25(4,23)24)22-14-18(2,3)13-15-8-6-9-16(19)12-15;/h6,8-9,12H,5,7,10-11,13-14H2,1-4H3,(H2,20,21,22);1H. The zero-order valence-corrected chi connectivity index (χ0v) is 19.9. The molecular weight excluding hydrogens is 485 g/mol. The molecule has 2 N–H and O–H groups in total. The van der Waals surface area contributed by atoms with Crippen molar-refractivity contribution in [1.29, 1.82) is 0 Å². The predicted molar refractivity (Wildman–Crippen MR) is 123 cm³/mol. The molecule has 0 saturated heterocycles. The first-order valence-electron chi connectivity index (χ1n) is 8.56. The topological polar surface area (TPSA) is 70.6 Å². The molecule has 0 aliphatic heterocycles. The van der Waals surface area contributed by atoms with Crippen LogP contribution in [0.4, 0.5) is 0 Å². The molecule has 5 nitrogen and oxygen atoms in total. The van der Waals surface area contributed by atoms with Crippen molar-refractivity contribution in [3.05, 3.63) is 34.9 Å². The Bertz CT molecular complexity index is 679. The maximum atomic E-state index is 11.2. The fourth-order valence-electron chi connectivity index (χ4n) is 2.43. The molecule has 0 aromatic heterocycles. The van der Waals surface area contributed by atoms with E-state index >= 15 is 0 Å². The van der Waals surface area contributed by atoms with Crippen LogP contribution in [0.15, 0.2) is 29.3 Å². The Labute approximate surface area is 180 Å². The number of nitrogens with one attached hydrogen (secondary N) is 2. The van der Waals surface area contributed by atoms with Crippen molar-refractivity contribution in [2.45, 2.75) is 33.6 Å². The highest BCUT2D eigenvalue weighted by Crippen LogP contribution is 2.23. The van der Waals surface area contributed by atoms with Gasteiger partial charge in [0.2, 0.25) is 0 Å². The van der Waals surface area contributed by atoms with Gasteiger partial charge >= 0.3 is 0 Å². The van der Waals surface area contributed by atoms with E-state index in [-0.39, 0.29) is 35.1 Å². The molecule has 0 bridgehead atoms. The molecule has 0 atom stereocenters. The highest BCUT2D eigenvalue weighted by molar-refractivity contribution is 14.0. The lowest BCUT2D eigenvalue weighted by Crippen LogP contribution is -2.39. The molecule has 0 heterocycles. The van der Waals surface area contributed by atoms with Crippen LogP contribution in [0, 0.1) is 5.41 Å². The third kappa shape index (κ3) is 12.0. The average molecular weight is 516 g/mol. The van der Waals surface area contributed by atoms with Crippen LogP contribution in [0.5, 0.6) is 0 Å². The normalized spacial score (nSPS) is 12.4. The fourth-order valence-corrected chi connectivity index (χ4v) is 3.31. The first-order chi connectivity index (χ1) is 11.6. The van der Waals surface area contributed by atoms with E-state index in [0.717, 1.165) is 23.9 Å². The second-order valence-electron chi connectivity index (χ2n) is 7.08. The smallest absolute Gasteiger partial charge is 0.191 e. The molecule has 0 saturated carbocycles. The van der Waals surface area contributed by atoms with E-state index in [1.807, 2.05) is 25.1 Å². The van der Waals surface area contributed by atoms with E-state index in [9.17, 15) is 8.42 Å². The van der Waals surface area contributed by atoms with Gasteiger partial charge in [-0.15, -0.1) is 24.0 Å². The Morgan fingerprint density at radius 1 is 1.27 bits per heavy atom. The van der Waals surface area contributed by atoms with Gasteiger partial charge in [0.05, 0.1) is 5.75 Å². The molecule has 1 rings (SSSR count). The lowest BCUT2D eigenvalue weighted by molar-refractivity contribution is 0.377. The summed E-state index contributed by atoms with van der Waals surface area (Å²) in [7, 11) is -2.92. The van der Waals surface area contributed by atoms with Gasteiger partial charge < -0.3 is 10.6 Å². The first kappa shape index (κ1) is 25.5. The van der Waals surface area contributed by atoms with Gasteiger partial charge in [0.25, 0.3) is 0 Å². The molecule has 8 heteroatoms. The summed E-state index contributed by atoms with van der Waals surface area (Å²) in [4.78, 5) is 4.65. The molecule has 0 aliphatic rings. The summed E-state index contributed by atoms with van der Waals surface area (Å²) in [5.41, 5.74) is 1.18. The Morgan fingerprint density at radius 3 is 2.54 bits per heavy atom. The summed E-state index contributed by atoms with van der Waals surface area (Å²) in [6, 6.07) is 7.90. The summed E-state index contributed by atoms with van der Waals surface area (Å²) in [5.74, 6) is 0.898. The summed E-state index contributed by atoms with van der Waals surface area (Å²) in [6.45, 7) is 8.33. The molecular formula is C18H31ClIN3O2S. The zero-order valence-electron chi connectivity index (χ0n) is 16.0. The quantitative estimate of drug-likeness (QED) is 0.228. The molecule has 26 heavy (non-hydrogen) atoms. The number of sulfone groups is 1. The monoisotopic (exact) mass is 515 g/mol. The second-order valence-corrected chi connectivity index (χ2v) is 9.77. The van der Waals surface area contributed by atoms with Gasteiger partial charge in [0, 0.05) is 30.9 Å². The molecule has 0 aliphatic carbocycles. The van der Waals surface area contributed by atoms with Crippen LogP contribution in [0.3, 0.4) is 0 Å². The van der Waals surface area contributed by atoms with Gasteiger partial charge in [-0.1, -0.05) is 37.6 Å².